The molecule has 3 aromatic rings. The number of amides is 1. The Morgan fingerprint density at radius 1 is 1.10 bits per heavy atom. The van der Waals surface area contributed by atoms with Crippen LogP contribution in [0.1, 0.15) is 55.6 Å². The molecule has 1 aliphatic heterocycles. The molecule has 0 aliphatic carbocycles. The number of alkyl halides is 2. The molecule has 0 spiro atoms. The van der Waals surface area contributed by atoms with Crippen molar-refractivity contribution in [3.63, 3.8) is 0 Å². The molecule has 162 valence electrons. The number of likely N-dealkylation sites (N-methyl/N-ethyl adjacent to an activating group) is 1. The lowest BCUT2D eigenvalue weighted by Gasteiger charge is -2.19. The number of carbonyl (C=O) groups is 1. The first-order chi connectivity index (χ1) is 14.5. The Bertz CT molecular complexity index is 1210. The molecular weight excluding hydrogens is 405 g/mol. The zero-order valence-corrected chi connectivity index (χ0v) is 17.9. The summed E-state index contributed by atoms with van der Waals surface area (Å²) in [6.45, 7) is 7.27. The summed E-state index contributed by atoms with van der Waals surface area (Å²) >= 11 is 0. The molecule has 0 saturated carbocycles. The van der Waals surface area contributed by atoms with E-state index in [4.69, 9.17) is 0 Å². The fourth-order valence-electron chi connectivity index (χ4n) is 4.20. The third-order valence-corrected chi connectivity index (χ3v) is 6.07. The van der Waals surface area contributed by atoms with Crippen LogP contribution in [-0.2, 0) is 10.2 Å². The van der Waals surface area contributed by atoms with Crippen LogP contribution in [0.2, 0.25) is 0 Å². The van der Waals surface area contributed by atoms with E-state index in [-0.39, 0.29) is 11.5 Å². The van der Waals surface area contributed by atoms with Gasteiger partial charge in [0.15, 0.2) is 5.82 Å². The molecule has 2 aromatic carbocycles. The highest BCUT2D eigenvalue weighted by Gasteiger charge is 2.42. The second-order valence-electron chi connectivity index (χ2n) is 8.46. The Morgan fingerprint density at radius 3 is 2.45 bits per heavy atom. The monoisotopic (exact) mass is 428 g/mol. The molecule has 1 amide bonds. The minimum atomic E-state index is -2.90. The van der Waals surface area contributed by atoms with Gasteiger partial charge in [-0.2, -0.15) is 5.10 Å². The lowest BCUT2D eigenvalue weighted by atomic mass is 9.85. The van der Waals surface area contributed by atoms with Crippen LogP contribution in [0.3, 0.4) is 0 Å². The molecule has 0 bridgehead atoms. The van der Waals surface area contributed by atoms with E-state index in [2.05, 4.69) is 15.5 Å². The summed E-state index contributed by atoms with van der Waals surface area (Å²) in [6, 6.07) is 7.14. The van der Waals surface area contributed by atoms with E-state index in [1.165, 1.54) is 12.1 Å². The Labute approximate surface area is 178 Å². The molecule has 0 radical (unpaired) electrons. The van der Waals surface area contributed by atoms with Crippen molar-refractivity contribution in [3.8, 4) is 0 Å². The Morgan fingerprint density at radius 2 is 1.77 bits per heavy atom. The Kier molecular flexibility index (Phi) is 4.91. The largest absolute Gasteiger partial charge is 0.361 e. The van der Waals surface area contributed by atoms with Gasteiger partial charge in [-0.1, -0.05) is 18.2 Å². The van der Waals surface area contributed by atoms with Gasteiger partial charge >= 0.3 is 0 Å². The molecule has 1 aliphatic rings. The third kappa shape index (κ3) is 3.21. The number of rotatable bonds is 4. The lowest BCUT2D eigenvalue weighted by Crippen LogP contribution is -2.33. The molecule has 5 nitrogen and oxygen atoms in total. The average molecular weight is 428 g/mol. The normalized spacial score (nSPS) is 16.2. The second-order valence-corrected chi connectivity index (χ2v) is 8.46. The van der Waals surface area contributed by atoms with Gasteiger partial charge in [-0.15, -0.1) is 5.10 Å². The van der Waals surface area contributed by atoms with Crippen molar-refractivity contribution >= 4 is 28.2 Å². The summed E-state index contributed by atoms with van der Waals surface area (Å²) in [5.41, 5.74) is 1.19. The number of fused-ring (bicyclic) bond motifs is 2. The smallest absolute Gasteiger partial charge is 0.266 e. The fraction of sp³-hybridized carbons (Fsp3) is 0.348. The standard InChI is InChI=1S/C23H23F3N4O/c1-11(13-7-6-8-14(19(13)24)20(25)26)27-21-16-10-18-17(9-15(16)12(2)28-29-21)23(3,4)22(31)30(18)5/h6-11,20H,1-5H3,(H,27,29)/t11-/m1/s1. The zero-order valence-electron chi connectivity index (χ0n) is 17.9. The number of anilines is 2. The van der Waals surface area contributed by atoms with Crippen LogP contribution >= 0.6 is 0 Å². The van der Waals surface area contributed by atoms with Gasteiger partial charge in [0.05, 0.1) is 22.7 Å². The number of hydrogen-bond acceptors (Lipinski definition) is 4. The predicted molar refractivity (Wildman–Crippen MR) is 114 cm³/mol. The van der Waals surface area contributed by atoms with Crippen molar-refractivity contribution < 1.29 is 18.0 Å². The number of nitrogens with zero attached hydrogens (tertiary/aromatic N) is 3. The molecule has 4 rings (SSSR count). The highest BCUT2D eigenvalue weighted by Crippen LogP contribution is 2.44. The average Bonchev–Trinajstić information content (AvgIpc) is 2.89. The van der Waals surface area contributed by atoms with Crippen LogP contribution in [-0.4, -0.2) is 23.2 Å². The molecule has 8 heteroatoms. The van der Waals surface area contributed by atoms with Crippen LogP contribution in [0, 0.1) is 12.7 Å². The van der Waals surface area contributed by atoms with Gasteiger partial charge in [0.25, 0.3) is 6.43 Å². The van der Waals surface area contributed by atoms with Gasteiger partial charge in [0, 0.05) is 29.1 Å². The summed E-state index contributed by atoms with van der Waals surface area (Å²) in [6.07, 6.45) is -2.90. The van der Waals surface area contributed by atoms with Crippen molar-refractivity contribution in [3.05, 3.63) is 58.5 Å². The summed E-state index contributed by atoms with van der Waals surface area (Å²) in [5.74, 6) is -0.553. The van der Waals surface area contributed by atoms with E-state index in [0.29, 0.717) is 11.5 Å². The quantitative estimate of drug-likeness (QED) is 0.601. The minimum absolute atomic E-state index is 0.00913. The van der Waals surface area contributed by atoms with Crippen molar-refractivity contribution in [2.75, 3.05) is 17.3 Å². The molecule has 0 saturated heterocycles. The number of carbonyl (C=O) groups excluding carboxylic acids is 1. The fourth-order valence-corrected chi connectivity index (χ4v) is 4.20. The van der Waals surface area contributed by atoms with Crippen LogP contribution in [0.25, 0.3) is 10.8 Å². The zero-order chi connectivity index (χ0) is 22.7. The van der Waals surface area contributed by atoms with E-state index in [1.807, 2.05) is 32.9 Å². The highest BCUT2D eigenvalue weighted by molar-refractivity contribution is 6.10. The third-order valence-electron chi connectivity index (χ3n) is 6.07. The van der Waals surface area contributed by atoms with Gasteiger partial charge in [-0.25, -0.2) is 13.2 Å². The van der Waals surface area contributed by atoms with E-state index < -0.39 is 29.3 Å². The number of aromatic nitrogens is 2. The van der Waals surface area contributed by atoms with E-state index >= 15 is 0 Å². The van der Waals surface area contributed by atoms with Crippen LogP contribution in [0.5, 0.6) is 0 Å². The van der Waals surface area contributed by atoms with Gasteiger partial charge in [0.1, 0.15) is 5.82 Å². The number of halogens is 3. The maximum Gasteiger partial charge on any atom is 0.266 e. The molecule has 1 aromatic heterocycles. The maximum absolute atomic E-state index is 14.6. The van der Waals surface area contributed by atoms with E-state index in [1.54, 1.807) is 18.9 Å². The van der Waals surface area contributed by atoms with Crippen LogP contribution in [0.15, 0.2) is 30.3 Å². The van der Waals surface area contributed by atoms with Crippen molar-refractivity contribution in [1.82, 2.24) is 10.2 Å². The van der Waals surface area contributed by atoms with Crippen molar-refractivity contribution in [2.45, 2.75) is 45.6 Å². The summed E-state index contributed by atoms with van der Waals surface area (Å²) in [7, 11) is 1.73. The first-order valence-electron chi connectivity index (χ1n) is 9.96. The molecule has 1 atom stereocenters. The first-order valence-corrected chi connectivity index (χ1v) is 9.96. The molecule has 2 heterocycles. The van der Waals surface area contributed by atoms with E-state index in [9.17, 15) is 18.0 Å². The van der Waals surface area contributed by atoms with Gasteiger partial charge in [-0.3, -0.25) is 4.79 Å². The van der Waals surface area contributed by atoms with E-state index in [0.717, 1.165) is 28.1 Å². The number of hydrogen-bond donors (Lipinski definition) is 1. The molecular formula is C23H23F3N4O. The Balaban J connectivity index is 1.81. The molecule has 0 unspecified atom stereocenters. The van der Waals surface area contributed by atoms with Crippen LogP contribution < -0.4 is 10.2 Å². The highest BCUT2D eigenvalue weighted by atomic mass is 19.3. The second kappa shape index (κ2) is 7.21. The number of benzene rings is 2. The van der Waals surface area contributed by atoms with Gasteiger partial charge in [-0.05, 0) is 45.4 Å². The molecule has 0 fully saturated rings. The molecule has 31 heavy (non-hydrogen) atoms. The predicted octanol–water partition coefficient (Wildman–Crippen LogP) is 5.44. The number of aryl methyl sites for hydroxylation is 1. The maximum atomic E-state index is 14.6. The Hall–Kier alpha value is -3.16. The molecule has 1 N–H and O–H groups in total. The van der Waals surface area contributed by atoms with Crippen LogP contribution in [0.4, 0.5) is 24.7 Å². The van der Waals surface area contributed by atoms with Crippen molar-refractivity contribution in [2.24, 2.45) is 0 Å². The van der Waals surface area contributed by atoms with Gasteiger partial charge in [0.2, 0.25) is 5.91 Å². The van der Waals surface area contributed by atoms with Gasteiger partial charge < -0.3 is 10.2 Å². The number of nitrogens with one attached hydrogen (secondary N) is 1. The minimum Gasteiger partial charge on any atom is -0.361 e. The topological polar surface area (TPSA) is 58.1 Å². The SMILES string of the molecule is Cc1nnc(N[C@H](C)c2cccc(C(F)F)c2F)c2cc3c(cc12)C(C)(C)C(=O)N3C. The summed E-state index contributed by atoms with van der Waals surface area (Å²) in [4.78, 5) is 14.3. The first kappa shape index (κ1) is 21.1. The summed E-state index contributed by atoms with van der Waals surface area (Å²) < 4.78 is 40.8. The lowest BCUT2D eigenvalue weighted by molar-refractivity contribution is -0.121. The van der Waals surface area contributed by atoms with Crippen molar-refractivity contribution in [1.29, 1.82) is 0 Å². The summed E-state index contributed by atoms with van der Waals surface area (Å²) in [5, 5.41) is 13.1.